The summed E-state index contributed by atoms with van der Waals surface area (Å²) in [6.07, 6.45) is 4.06. The van der Waals surface area contributed by atoms with E-state index in [-0.39, 0.29) is 12.5 Å². The Morgan fingerprint density at radius 2 is 1.97 bits per heavy atom. The summed E-state index contributed by atoms with van der Waals surface area (Å²) in [6, 6.07) is 8.27. The molecule has 1 aromatic carbocycles. The van der Waals surface area contributed by atoms with Crippen LogP contribution in [-0.2, 0) is 9.53 Å². The quantitative estimate of drug-likeness (QED) is 0.361. The van der Waals surface area contributed by atoms with Gasteiger partial charge in [-0.25, -0.2) is 4.99 Å². The average molecular weight is 417 g/mol. The van der Waals surface area contributed by atoms with E-state index >= 15 is 0 Å². The van der Waals surface area contributed by atoms with Gasteiger partial charge in [0.15, 0.2) is 5.96 Å². The van der Waals surface area contributed by atoms with Crippen molar-refractivity contribution in [3.05, 3.63) is 35.9 Å². The molecule has 1 aliphatic rings. The van der Waals surface area contributed by atoms with Crippen molar-refractivity contribution in [2.75, 3.05) is 60.1 Å². The molecular weight excluding hydrogens is 380 g/mol. The lowest BCUT2D eigenvalue weighted by Gasteiger charge is -2.30. The maximum atomic E-state index is 12.0. The van der Waals surface area contributed by atoms with E-state index < -0.39 is 0 Å². The molecule has 0 atom stereocenters. The van der Waals surface area contributed by atoms with Crippen LogP contribution >= 0.6 is 0 Å². The molecule has 0 bridgehead atoms. The fourth-order valence-corrected chi connectivity index (χ4v) is 3.13. The third-order valence-electron chi connectivity index (χ3n) is 4.86. The van der Waals surface area contributed by atoms with E-state index in [0.29, 0.717) is 6.61 Å². The predicted molar refractivity (Wildman–Crippen MR) is 122 cm³/mol. The first-order valence-electron chi connectivity index (χ1n) is 10.8. The molecule has 1 heterocycles. The average Bonchev–Trinajstić information content (AvgIpc) is 2.76. The highest BCUT2D eigenvalue weighted by molar-refractivity contribution is 5.85. The summed E-state index contributed by atoms with van der Waals surface area (Å²) >= 11 is 0. The molecule has 1 aliphatic heterocycles. The van der Waals surface area contributed by atoms with Gasteiger partial charge < -0.3 is 24.6 Å². The second kappa shape index (κ2) is 12.9. The highest BCUT2D eigenvalue weighted by Crippen LogP contribution is 2.24. The molecule has 1 aromatic rings. The van der Waals surface area contributed by atoms with Gasteiger partial charge in [0.2, 0.25) is 5.91 Å². The van der Waals surface area contributed by atoms with Gasteiger partial charge in [0, 0.05) is 46.9 Å². The van der Waals surface area contributed by atoms with Crippen molar-refractivity contribution in [3.8, 4) is 5.75 Å². The minimum absolute atomic E-state index is 0.00811. The summed E-state index contributed by atoms with van der Waals surface area (Å²) in [5, 5.41) is 3.40. The standard InChI is InChI=1S/C23H36N4O3/c1-5-29-17-7-14-24-23(25-18-22(28)26(3)4)27-15-12-20(13-16-27)19-8-10-21(11-9-19)30-6-2/h8-12H,5-7,13-18H2,1-4H3,(H,24,25). The number of aliphatic imine (C=N–C) groups is 1. The zero-order valence-electron chi connectivity index (χ0n) is 18.8. The highest BCUT2D eigenvalue weighted by atomic mass is 16.5. The molecule has 30 heavy (non-hydrogen) atoms. The van der Waals surface area contributed by atoms with Crippen LogP contribution in [0.2, 0.25) is 0 Å². The van der Waals surface area contributed by atoms with Crippen LogP contribution in [-0.4, -0.2) is 81.8 Å². The van der Waals surface area contributed by atoms with Gasteiger partial charge >= 0.3 is 0 Å². The Morgan fingerprint density at radius 1 is 1.20 bits per heavy atom. The Labute approximate surface area is 180 Å². The minimum atomic E-state index is -0.00811. The van der Waals surface area contributed by atoms with Crippen LogP contribution in [0.25, 0.3) is 5.57 Å². The van der Waals surface area contributed by atoms with Crippen LogP contribution in [0.3, 0.4) is 0 Å². The maximum absolute atomic E-state index is 12.0. The largest absolute Gasteiger partial charge is 0.494 e. The van der Waals surface area contributed by atoms with E-state index in [1.165, 1.54) is 11.1 Å². The number of benzene rings is 1. The fraction of sp³-hybridized carbons (Fsp3) is 0.565. The predicted octanol–water partition coefficient (Wildman–Crippen LogP) is 2.63. The summed E-state index contributed by atoms with van der Waals surface area (Å²) in [6.45, 7) is 8.62. The van der Waals surface area contributed by atoms with Crippen molar-refractivity contribution in [3.63, 3.8) is 0 Å². The van der Waals surface area contributed by atoms with Gasteiger partial charge in [-0.05, 0) is 50.0 Å². The lowest BCUT2D eigenvalue weighted by Crippen LogP contribution is -2.44. The summed E-state index contributed by atoms with van der Waals surface area (Å²) in [5.74, 6) is 1.67. The molecular formula is C23H36N4O3. The Morgan fingerprint density at radius 3 is 2.57 bits per heavy atom. The molecule has 0 radical (unpaired) electrons. The van der Waals surface area contributed by atoms with Crippen molar-refractivity contribution < 1.29 is 14.3 Å². The van der Waals surface area contributed by atoms with Crippen molar-refractivity contribution in [1.29, 1.82) is 0 Å². The number of hydrogen-bond acceptors (Lipinski definition) is 4. The molecule has 7 nitrogen and oxygen atoms in total. The first-order chi connectivity index (χ1) is 14.5. The first kappa shape index (κ1) is 23.7. The number of likely N-dealkylation sites (N-methyl/N-ethyl adjacent to an activating group) is 1. The van der Waals surface area contributed by atoms with Crippen molar-refractivity contribution >= 4 is 17.4 Å². The number of rotatable bonds is 10. The number of carbonyl (C=O) groups is 1. The lowest BCUT2D eigenvalue weighted by atomic mass is 9.99. The third kappa shape index (κ3) is 7.71. The molecule has 0 spiro atoms. The fourth-order valence-electron chi connectivity index (χ4n) is 3.13. The molecule has 0 saturated carbocycles. The molecule has 0 unspecified atom stereocenters. The van der Waals surface area contributed by atoms with E-state index in [1.807, 2.05) is 26.0 Å². The van der Waals surface area contributed by atoms with Gasteiger partial charge in [0.25, 0.3) is 0 Å². The normalized spacial score (nSPS) is 14.3. The van der Waals surface area contributed by atoms with E-state index in [1.54, 1.807) is 19.0 Å². The summed E-state index contributed by atoms with van der Waals surface area (Å²) < 4.78 is 10.9. The van der Waals surface area contributed by atoms with Gasteiger partial charge in [-0.3, -0.25) is 4.79 Å². The number of guanidine groups is 1. The number of hydrogen-bond donors (Lipinski definition) is 1. The summed E-state index contributed by atoms with van der Waals surface area (Å²) in [7, 11) is 3.50. The third-order valence-corrected chi connectivity index (χ3v) is 4.86. The Balaban J connectivity index is 2.00. The number of carbonyl (C=O) groups excluding carboxylic acids is 1. The van der Waals surface area contributed by atoms with Gasteiger partial charge in [-0.15, -0.1) is 0 Å². The van der Waals surface area contributed by atoms with Gasteiger partial charge in [0.1, 0.15) is 12.3 Å². The molecule has 166 valence electrons. The molecule has 0 fully saturated rings. The van der Waals surface area contributed by atoms with Gasteiger partial charge in [-0.2, -0.15) is 0 Å². The smallest absolute Gasteiger partial charge is 0.243 e. The first-order valence-corrected chi connectivity index (χ1v) is 10.8. The second-order valence-corrected chi connectivity index (χ2v) is 7.29. The summed E-state index contributed by atoms with van der Waals surface area (Å²) in [5.41, 5.74) is 2.55. The zero-order valence-corrected chi connectivity index (χ0v) is 18.8. The molecule has 0 aromatic heterocycles. The van der Waals surface area contributed by atoms with E-state index in [9.17, 15) is 4.79 Å². The van der Waals surface area contributed by atoms with E-state index in [2.05, 4.69) is 33.4 Å². The number of nitrogens with zero attached hydrogens (tertiary/aromatic N) is 3. The SMILES string of the molecule is CCOCCCNC(=NCC(=O)N(C)C)N1CC=C(c2ccc(OCC)cc2)CC1. The van der Waals surface area contributed by atoms with Gasteiger partial charge in [-0.1, -0.05) is 18.2 Å². The summed E-state index contributed by atoms with van der Waals surface area (Å²) in [4.78, 5) is 20.3. The Hall–Kier alpha value is -2.54. The van der Waals surface area contributed by atoms with Crippen LogP contribution in [0.1, 0.15) is 32.3 Å². The molecule has 0 aliphatic carbocycles. The van der Waals surface area contributed by atoms with E-state index in [0.717, 1.165) is 57.4 Å². The van der Waals surface area contributed by atoms with Crippen LogP contribution in [0, 0.1) is 0 Å². The topological polar surface area (TPSA) is 66.4 Å². The van der Waals surface area contributed by atoms with Crippen molar-refractivity contribution in [2.24, 2.45) is 4.99 Å². The minimum Gasteiger partial charge on any atom is -0.494 e. The Bertz CT molecular complexity index is 714. The molecule has 7 heteroatoms. The van der Waals surface area contributed by atoms with Crippen molar-refractivity contribution in [2.45, 2.75) is 26.7 Å². The number of ether oxygens (including phenoxy) is 2. The Kier molecular flexibility index (Phi) is 10.2. The van der Waals surface area contributed by atoms with Gasteiger partial charge in [0.05, 0.1) is 6.61 Å². The monoisotopic (exact) mass is 416 g/mol. The highest BCUT2D eigenvalue weighted by Gasteiger charge is 2.17. The lowest BCUT2D eigenvalue weighted by molar-refractivity contribution is -0.127. The second-order valence-electron chi connectivity index (χ2n) is 7.29. The number of amides is 1. The van der Waals surface area contributed by atoms with Crippen LogP contribution in [0.15, 0.2) is 35.3 Å². The van der Waals surface area contributed by atoms with Crippen LogP contribution < -0.4 is 10.1 Å². The molecule has 1 amide bonds. The molecule has 1 N–H and O–H groups in total. The maximum Gasteiger partial charge on any atom is 0.243 e. The number of nitrogens with one attached hydrogen (secondary N) is 1. The van der Waals surface area contributed by atoms with Crippen LogP contribution in [0.5, 0.6) is 5.75 Å². The van der Waals surface area contributed by atoms with Crippen molar-refractivity contribution in [1.82, 2.24) is 15.1 Å². The molecule has 0 saturated heterocycles. The van der Waals surface area contributed by atoms with Crippen LogP contribution in [0.4, 0.5) is 0 Å². The van der Waals surface area contributed by atoms with E-state index in [4.69, 9.17) is 9.47 Å². The zero-order chi connectivity index (χ0) is 21.8. The molecule has 2 rings (SSSR count).